The van der Waals surface area contributed by atoms with E-state index < -0.39 is 22.5 Å². The Balaban J connectivity index is 1.96. The van der Waals surface area contributed by atoms with Gasteiger partial charge in [-0.1, -0.05) is 51.8 Å². The molecule has 3 rings (SSSR count). The number of ether oxygens (including phenoxy) is 1. The van der Waals surface area contributed by atoms with Gasteiger partial charge in [-0.2, -0.15) is 4.31 Å². The van der Waals surface area contributed by atoms with Crippen LogP contribution in [0.3, 0.4) is 0 Å². The Morgan fingerprint density at radius 3 is 2.07 bits per heavy atom. The number of hydrogen-bond acceptors (Lipinski definition) is 4. The molecule has 0 aliphatic heterocycles. The molecule has 0 spiro atoms. The number of sulfonamides is 1. The van der Waals surface area contributed by atoms with E-state index in [1.165, 1.54) is 12.1 Å². The Morgan fingerprint density at radius 2 is 1.50 bits per heavy atom. The molecule has 0 N–H and O–H groups in total. The Bertz CT molecular complexity index is 1140. The van der Waals surface area contributed by atoms with Crippen molar-refractivity contribution < 1.29 is 17.9 Å². The Morgan fingerprint density at radius 1 is 0.933 bits per heavy atom. The number of anilines is 1. The molecule has 0 aliphatic carbocycles. The Labute approximate surface area is 185 Å². The van der Waals surface area contributed by atoms with Crippen molar-refractivity contribution in [3.8, 4) is 5.75 Å². The molecule has 0 aliphatic rings. The number of amides is 1. The van der Waals surface area contributed by atoms with Crippen LogP contribution in [0, 0.1) is 20.8 Å². The highest BCUT2D eigenvalue weighted by Gasteiger charge is 2.31. The number of aryl methyl sites for hydroxylation is 3. The molecule has 0 bridgehead atoms. The van der Waals surface area contributed by atoms with Crippen molar-refractivity contribution >= 4 is 37.5 Å². The van der Waals surface area contributed by atoms with E-state index in [1.807, 2.05) is 32.9 Å². The van der Waals surface area contributed by atoms with Crippen LogP contribution in [-0.4, -0.2) is 20.9 Å². The summed E-state index contributed by atoms with van der Waals surface area (Å²) in [5.41, 5.74) is 2.92. The van der Waals surface area contributed by atoms with Gasteiger partial charge in [0.25, 0.3) is 15.9 Å². The van der Waals surface area contributed by atoms with Crippen molar-refractivity contribution in [1.29, 1.82) is 0 Å². The monoisotopic (exact) mass is 487 g/mol. The molecular formula is C23H22BrNO4S. The second-order valence-corrected chi connectivity index (χ2v) is 9.67. The van der Waals surface area contributed by atoms with Gasteiger partial charge < -0.3 is 4.74 Å². The highest BCUT2D eigenvalue weighted by atomic mass is 79.9. The minimum absolute atomic E-state index is 0.0370. The Hall–Kier alpha value is -2.64. The highest BCUT2D eigenvalue weighted by Crippen LogP contribution is 2.28. The van der Waals surface area contributed by atoms with Crippen LogP contribution in [-0.2, 0) is 14.8 Å². The third-order valence-electron chi connectivity index (χ3n) is 4.54. The number of carbonyl (C=O) groups excluding carboxylic acids is 1. The topological polar surface area (TPSA) is 63.7 Å². The number of halogens is 1. The summed E-state index contributed by atoms with van der Waals surface area (Å²) in [5, 5.41) is 0. The van der Waals surface area contributed by atoms with Gasteiger partial charge in [-0.3, -0.25) is 4.79 Å². The summed E-state index contributed by atoms with van der Waals surface area (Å²) >= 11 is 3.43. The fraction of sp³-hybridized carbons (Fsp3) is 0.174. The molecule has 0 radical (unpaired) electrons. The molecule has 0 saturated heterocycles. The first-order valence-corrected chi connectivity index (χ1v) is 11.5. The third kappa shape index (κ3) is 4.74. The van der Waals surface area contributed by atoms with Crippen LogP contribution < -0.4 is 9.04 Å². The standard InChI is InChI=1S/C23H22BrNO4S/c1-16-9-11-20(12-10-16)25(30(27,28)21-7-5-4-6-8-21)22(26)15-29-23-17(2)13-19(24)14-18(23)3/h4-14H,15H2,1-3H3. The molecule has 7 heteroatoms. The van der Waals surface area contributed by atoms with E-state index in [9.17, 15) is 13.2 Å². The molecule has 0 fully saturated rings. The predicted octanol–water partition coefficient (Wildman–Crippen LogP) is 5.18. The van der Waals surface area contributed by atoms with E-state index in [0.29, 0.717) is 5.75 Å². The minimum atomic E-state index is -4.10. The minimum Gasteiger partial charge on any atom is -0.483 e. The highest BCUT2D eigenvalue weighted by molar-refractivity contribution is 9.10. The fourth-order valence-electron chi connectivity index (χ4n) is 3.11. The van der Waals surface area contributed by atoms with Crippen LogP contribution in [0.4, 0.5) is 5.69 Å². The van der Waals surface area contributed by atoms with Crippen molar-refractivity contribution in [2.24, 2.45) is 0 Å². The lowest BCUT2D eigenvalue weighted by Gasteiger charge is -2.23. The van der Waals surface area contributed by atoms with Gasteiger partial charge in [0.15, 0.2) is 6.61 Å². The molecule has 156 valence electrons. The van der Waals surface area contributed by atoms with Crippen molar-refractivity contribution in [3.05, 3.63) is 87.9 Å². The first kappa shape index (κ1) is 22.1. The lowest BCUT2D eigenvalue weighted by molar-refractivity contribution is -0.119. The molecule has 0 heterocycles. The van der Waals surface area contributed by atoms with E-state index in [0.717, 1.165) is 25.5 Å². The maximum Gasteiger partial charge on any atom is 0.278 e. The SMILES string of the molecule is Cc1ccc(N(C(=O)COc2c(C)cc(Br)cc2C)S(=O)(=O)c2ccccc2)cc1. The van der Waals surface area contributed by atoms with Gasteiger partial charge >= 0.3 is 0 Å². The average Bonchev–Trinajstić information content (AvgIpc) is 2.69. The van der Waals surface area contributed by atoms with Crippen LogP contribution >= 0.6 is 15.9 Å². The van der Waals surface area contributed by atoms with Crippen LogP contribution in [0.2, 0.25) is 0 Å². The lowest BCUT2D eigenvalue weighted by atomic mass is 10.1. The zero-order valence-electron chi connectivity index (χ0n) is 16.9. The Kier molecular flexibility index (Phi) is 6.63. The van der Waals surface area contributed by atoms with E-state index in [2.05, 4.69) is 15.9 Å². The van der Waals surface area contributed by atoms with Crippen molar-refractivity contribution in [3.63, 3.8) is 0 Å². The van der Waals surface area contributed by atoms with E-state index in [-0.39, 0.29) is 10.6 Å². The van der Waals surface area contributed by atoms with Gasteiger partial charge in [-0.05, 0) is 68.3 Å². The van der Waals surface area contributed by atoms with Gasteiger partial charge in [0.1, 0.15) is 5.75 Å². The number of rotatable bonds is 6. The smallest absolute Gasteiger partial charge is 0.278 e. The third-order valence-corrected chi connectivity index (χ3v) is 6.76. The zero-order chi connectivity index (χ0) is 21.9. The normalized spacial score (nSPS) is 11.2. The number of hydrogen-bond donors (Lipinski definition) is 0. The van der Waals surface area contributed by atoms with Crippen LogP contribution in [0.5, 0.6) is 5.75 Å². The molecule has 1 amide bonds. The quantitative estimate of drug-likeness (QED) is 0.480. The van der Waals surface area contributed by atoms with Crippen LogP contribution in [0.1, 0.15) is 16.7 Å². The average molecular weight is 488 g/mol. The van der Waals surface area contributed by atoms with E-state index >= 15 is 0 Å². The molecule has 30 heavy (non-hydrogen) atoms. The van der Waals surface area contributed by atoms with Crippen molar-refractivity contribution in [1.82, 2.24) is 0 Å². The van der Waals surface area contributed by atoms with Gasteiger partial charge in [0.05, 0.1) is 10.6 Å². The van der Waals surface area contributed by atoms with Crippen LogP contribution in [0.25, 0.3) is 0 Å². The molecular weight excluding hydrogens is 466 g/mol. The fourth-order valence-corrected chi connectivity index (χ4v) is 5.23. The first-order chi connectivity index (χ1) is 14.2. The number of carbonyl (C=O) groups is 1. The summed E-state index contributed by atoms with van der Waals surface area (Å²) in [4.78, 5) is 13.2. The van der Waals surface area contributed by atoms with Crippen LogP contribution in [0.15, 0.2) is 76.1 Å². The number of nitrogens with zero attached hydrogens (tertiary/aromatic N) is 1. The van der Waals surface area contributed by atoms with Gasteiger partial charge in [0, 0.05) is 4.47 Å². The van der Waals surface area contributed by atoms with E-state index in [4.69, 9.17) is 4.74 Å². The second kappa shape index (κ2) is 9.02. The molecule has 0 saturated carbocycles. The summed E-state index contributed by atoms with van der Waals surface area (Å²) in [5.74, 6) is -0.114. The summed E-state index contributed by atoms with van der Waals surface area (Å²) in [7, 11) is -4.10. The molecule has 5 nitrogen and oxygen atoms in total. The summed E-state index contributed by atoms with van der Waals surface area (Å²) < 4.78 is 34.1. The van der Waals surface area contributed by atoms with Gasteiger partial charge in [0.2, 0.25) is 0 Å². The number of benzene rings is 3. The molecule has 0 atom stereocenters. The molecule has 0 aromatic heterocycles. The summed E-state index contributed by atoms with van der Waals surface area (Å²) in [6.45, 7) is 5.22. The largest absolute Gasteiger partial charge is 0.483 e. The lowest BCUT2D eigenvalue weighted by Crippen LogP contribution is -2.40. The molecule has 3 aromatic carbocycles. The zero-order valence-corrected chi connectivity index (χ0v) is 19.3. The van der Waals surface area contributed by atoms with Crippen molar-refractivity contribution in [2.45, 2.75) is 25.7 Å². The molecule has 3 aromatic rings. The van der Waals surface area contributed by atoms with Gasteiger partial charge in [-0.25, -0.2) is 8.42 Å². The predicted molar refractivity (Wildman–Crippen MR) is 121 cm³/mol. The van der Waals surface area contributed by atoms with Crippen molar-refractivity contribution in [2.75, 3.05) is 10.9 Å². The second-order valence-electron chi connectivity index (χ2n) is 6.97. The van der Waals surface area contributed by atoms with E-state index in [1.54, 1.807) is 42.5 Å². The maximum absolute atomic E-state index is 13.3. The maximum atomic E-state index is 13.3. The molecule has 0 unspecified atom stereocenters. The summed E-state index contributed by atoms with van der Waals surface area (Å²) in [6.07, 6.45) is 0. The van der Waals surface area contributed by atoms with Gasteiger partial charge in [-0.15, -0.1) is 0 Å². The summed E-state index contributed by atoms with van der Waals surface area (Å²) in [6, 6.07) is 18.4. The first-order valence-electron chi connectivity index (χ1n) is 9.29.